The van der Waals surface area contributed by atoms with E-state index in [4.69, 9.17) is 0 Å². The minimum Gasteiger partial charge on any atom is -0.343 e. The quantitative estimate of drug-likeness (QED) is 0.285. The summed E-state index contributed by atoms with van der Waals surface area (Å²) >= 11 is 0. The molecule has 0 N–H and O–H groups in total. The molecule has 200 valence electrons. The van der Waals surface area contributed by atoms with Gasteiger partial charge >= 0.3 is 0 Å². The maximum absolute atomic E-state index is 11.1. The van der Waals surface area contributed by atoms with Gasteiger partial charge in [-0.2, -0.15) is 0 Å². The van der Waals surface area contributed by atoms with E-state index < -0.39 is 0 Å². The monoisotopic (exact) mass is 527 g/mol. The van der Waals surface area contributed by atoms with Crippen LogP contribution in [0.4, 0.5) is 0 Å². The first-order chi connectivity index (χ1) is 15.3. The summed E-state index contributed by atoms with van der Waals surface area (Å²) in [4.78, 5) is 70.0. The average Bonchev–Trinajstić information content (AvgIpc) is 2.70. The molecule has 0 saturated carbocycles. The Labute approximate surface area is 216 Å². The van der Waals surface area contributed by atoms with E-state index in [1.807, 2.05) is 41.5 Å². The Hall–Kier alpha value is -2.06. The van der Waals surface area contributed by atoms with Crippen molar-refractivity contribution >= 4 is 35.1 Å². The number of hydrogen-bond donors (Lipinski definition) is 0. The molecule has 0 aliphatic heterocycles. The number of Topliss-reactive ketones (excluding diaryl/α,β-unsaturated/α-hetero) is 3. The smallest absolute Gasteiger partial charge is 0.229 e. The Bertz CT molecular complexity index is 543. The molecule has 0 aliphatic rings. The molecule has 0 aromatic rings. The second-order valence-electron chi connectivity index (χ2n) is 7.33. The van der Waals surface area contributed by atoms with Crippen LogP contribution in [0.1, 0.15) is 81.6 Å². The molecule has 0 atom stereocenters. The maximum Gasteiger partial charge on any atom is 0.229 e. The second kappa shape index (κ2) is 24.1. The van der Waals surface area contributed by atoms with E-state index in [1.165, 1.54) is 20.8 Å². The van der Waals surface area contributed by atoms with Crippen LogP contribution >= 0.6 is 0 Å². The summed E-state index contributed by atoms with van der Waals surface area (Å²) in [5, 5.41) is 0. The molecule has 0 spiro atoms. The van der Waals surface area contributed by atoms with E-state index in [2.05, 4.69) is 0 Å². The van der Waals surface area contributed by atoms with Crippen LogP contribution in [0.15, 0.2) is 0 Å². The summed E-state index contributed by atoms with van der Waals surface area (Å²) in [7, 11) is 0. The molecule has 0 bridgehead atoms. The van der Waals surface area contributed by atoms with Crippen LogP contribution < -0.4 is 0 Å². The van der Waals surface area contributed by atoms with Gasteiger partial charge in [0.05, 0.1) is 19.3 Å². The fourth-order valence-corrected chi connectivity index (χ4v) is 2.70. The number of carbonyl (C=O) groups is 6. The minimum atomic E-state index is -0.0677. The molecular formula is C24H45FeN3O6. The van der Waals surface area contributed by atoms with Crippen LogP contribution in [0.25, 0.3) is 0 Å². The van der Waals surface area contributed by atoms with E-state index in [1.54, 1.807) is 14.7 Å². The molecule has 0 rings (SSSR count). The predicted molar refractivity (Wildman–Crippen MR) is 130 cm³/mol. The van der Waals surface area contributed by atoms with Gasteiger partial charge in [-0.25, -0.2) is 0 Å². The van der Waals surface area contributed by atoms with Gasteiger partial charge in [0.2, 0.25) is 17.7 Å². The van der Waals surface area contributed by atoms with Gasteiger partial charge in [-0.05, 0) is 62.3 Å². The number of rotatable bonds is 12. The molecule has 0 heterocycles. The molecule has 0 aromatic carbocycles. The Morgan fingerprint density at radius 1 is 0.412 bits per heavy atom. The Kier molecular flexibility index (Phi) is 27.7. The van der Waals surface area contributed by atoms with Gasteiger partial charge in [-0.1, -0.05) is 0 Å². The Morgan fingerprint density at radius 3 is 0.647 bits per heavy atom. The summed E-state index contributed by atoms with van der Waals surface area (Å²) in [6, 6.07) is 0. The van der Waals surface area contributed by atoms with E-state index in [9.17, 15) is 28.8 Å². The molecule has 0 saturated heterocycles. The van der Waals surface area contributed by atoms with E-state index in [-0.39, 0.29) is 71.4 Å². The molecule has 0 unspecified atom stereocenters. The molecule has 10 heteroatoms. The SMILES string of the molecule is CCN(CC)C(=O)CC(C)=O.CCN(CC)C(=O)CC(C)=O.CCN(CC)C(=O)CC(C)=O.[Fe]. The predicted octanol–water partition coefficient (Wildman–Crippen LogP) is 2.50. The van der Waals surface area contributed by atoms with Gasteiger partial charge in [0, 0.05) is 56.3 Å². The van der Waals surface area contributed by atoms with Gasteiger partial charge in [-0.3, -0.25) is 28.8 Å². The summed E-state index contributed by atoms with van der Waals surface area (Å²) in [5.74, 6) is -0.404. The normalized spacial score (nSPS) is 9.09. The number of carbonyl (C=O) groups excluding carboxylic acids is 6. The molecular weight excluding hydrogens is 482 g/mol. The minimum absolute atomic E-state index is 0. The van der Waals surface area contributed by atoms with Gasteiger partial charge in [0.1, 0.15) is 17.3 Å². The summed E-state index contributed by atoms with van der Waals surface area (Å²) in [6.45, 7) is 19.8. The fraction of sp³-hybridized carbons (Fsp3) is 0.750. The van der Waals surface area contributed by atoms with Crippen LogP contribution in [-0.4, -0.2) is 89.0 Å². The number of amides is 3. The van der Waals surface area contributed by atoms with Crippen molar-refractivity contribution in [2.45, 2.75) is 81.6 Å². The van der Waals surface area contributed by atoms with Gasteiger partial charge < -0.3 is 14.7 Å². The third-order valence-corrected chi connectivity index (χ3v) is 4.55. The molecule has 0 aromatic heterocycles. The van der Waals surface area contributed by atoms with Crippen LogP contribution in [0.5, 0.6) is 0 Å². The van der Waals surface area contributed by atoms with Crippen molar-refractivity contribution in [3.63, 3.8) is 0 Å². The Balaban J connectivity index is -0.000000196. The zero-order valence-corrected chi connectivity index (χ0v) is 23.6. The summed E-state index contributed by atoms with van der Waals surface area (Å²) in [6.07, 6.45) is 0.130. The fourth-order valence-electron chi connectivity index (χ4n) is 2.70. The first-order valence-electron chi connectivity index (χ1n) is 11.7. The number of nitrogens with zero attached hydrogens (tertiary/aromatic N) is 3. The molecule has 9 nitrogen and oxygen atoms in total. The molecule has 34 heavy (non-hydrogen) atoms. The molecule has 0 radical (unpaired) electrons. The Morgan fingerprint density at radius 2 is 0.559 bits per heavy atom. The van der Waals surface area contributed by atoms with Crippen molar-refractivity contribution in [1.82, 2.24) is 14.7 Å². The molecule has 0 fully saturated rings. The number of ketones is 3. The van der Waals surface area contributed by atoms with Crippen LogP contribution in [0.3, 0.4) is 0 Å². The third kappa shape index (κ3) is 21.8. The van der Waals surface area contributed by atoms with Crippen molar-refractivity contribution in [1.29, 1.82) is 0 Å². The van der Waals surface area contributed by atoms with Crippen LogP contribution in [0.2, 0.25) is 0 Å². The number of hydrogen-bond acceptors (Lipinski definition) is 6. The van der Waals surface area contributed by atoms with Crippen molar-refractivity contribution in [2.75, 3.05) is 39.3 Å². The third-order valence-electron chi connectivity index (χ3n) is 4.55. The van der Waals surface area contributed by atoms with Crippen molar-refractivity contribution < 1.29 is 45.8 Å². The first-order valence-corrected chi connectivity index (χ1v) is 11.7. The van der Waals surface area contributed by atoms with Gasteiger partial charge in [0.25, 0.3) is 0 Å². The van der Waals surface area contributed by atoms with E-state index >= 15 is 0 Å². The van der Waals surface area contributed by atoms with E-state index in [0.29, 0.717) is 39.3 Å². The van der Waals surface area contributed by atoms with Crippen molar-refractivity contribution in [2.24, 2.45) is 0 Å². The zero-order valence-electron chi connectivity index (χ0n) is 22.5. The van der Waals surface area contributed by atoms with E-state index in [0.717, 1.165) is 0 Å². The van der Waals surface area contributed by atoms with Crippen molar-refractivity contribution in [3.05, 3.63) is 0 Å². The average molecular weight is 527 g/mol. The molecule has 0 aliphatic carbocycles. The standard InChI is InChI=1S/3C8H15NO2.Fe/c3*1-4-9(5-2)8(11)6-7(3)10;/h3*4-6H2,1-3H3;. The topological polar surface area (TPSA) is 112 Å². The summed E-state index contributed by atoms with van der Waals surface area (Å²) in [5.41, 5.74) is 0. The second-order valence-corrected chi connectivity index (χ2v) is 7.33. The zero-order chi connectivity index (χ0) is 26.6. The van der Waals surface area contributed by atoms with Gasteiger partial charge in [0.15, 0.2) is 0 Å². The molecule has 3 amide bonds. The van der Waals surface area contributed by atoms with Crippen LogP contribution in [0, 0.1) is 0 Å². The summed E-state index contributed by atoms with van der Waals surface area (Å²) < 4.78 is 0. The largest absolute Gasteiger partial charge is 0.343 e. The van der Waals surface area contributed by atoms with Crippen molar-refractivity contribution in [3.8, 4) is 0 Å². The maximum atomic E-state index is 11.1. The first kappa shape index (κ1) is 39.2. The van der Waals surface area contributed by atoms with Crippen LogP contribution in [-0.2, 0) is 45.8 Å². The van der Waals surface area contributed by atoms with Gasteiger partial charge in [-0.15, -0.1) is 0 Å².